The summed E-state index contributed by atoms with van der Waals surface area (Å²) in [6.07, 6.45) is 8.36. The first-order chi connectivity index (χ1) is 13.4. The van der Waals surface area contributed by atoms with Crippen LogP contribution in [0.2, 0.25) is 0 Å². The molecule has 0 bridgehead atoms. The Balaban J connectivity index is 1.77. The van der Waals surface area contributed by atoms with E-state index in [0.717, 1.165) is 22.0 Å². The molecule has 1 N–H and O–H groups in total. The fourth-order valence-electron chi connectivity index (χ4n) is 3.46. The molecule has 1 atom stereocenters. The molecule has 0 aliphatic rings. The van der Waals surface area contributed by atoms with Gasteiger partial charge in [-0.25, -0.2) is 9.97 Å². The lowest BCUT2D eigenvalue weighted by molar-refractivity contribution is -0.0301. The number of pyridine rings is 2. The molecule has 28 heavy (non-hydrogen) atoms. The highest BCUT2D eigenvalue weighted by Crippen LogP contribution is 2.43. The van der Waals surface area contributed by atoms with E-state index in [1.165, 1.54) is 6.33 Å². The summed E-state index contributed by atoms with van der Waals surface area (Å²) in [6.45, 7) is 5.93. The van der Waals surface area contributed by atoms with Crippen molar-refractivity contribution in [2.24, 2.45) is 5.41 Å². The Morgan fingerprint density at radius 2 is 1.50 bits per heavy atom. The molecule has 5 nitrogen and oxygen atoms in total. The van der Waals surface area contributed by atoms with Crippen LogP contribution in [0.1, 0.15) is 32.0 Å². The molecule has 1 aromatic carbocycles. The molecule has 140 valence electrons. The van der Waals surface area contributed by atoms with Gasteiger partial charge in [0.25, 0.3) is 0 Å². The Morgan fingerprint density at radius 3 is 2.18 bits per heavy atom. The van der Waals surface area contributed by atoms with Gasteiger partial charge < -0.3 is 5.11 Å². The molecule has 4 rings (SSSR count). The van der Waals surface area contributed by atoms with Crippen LogP contribution in [-0.2, 0) is 5.60 Å². The number of hydrogen-bond acceptors (Lipinski definition) is 5. The largest absolute Gasteiger partial charge is 0.378 e. The zero-order chi connectivity index (χ0) is 19.8. The maximum atomic E-state index is 11.6. The van der Waals surface area contributed by atoms with Crippen LogP contribution in [0.15, 0.2) is 73.6 Å². The molecule has 0 amide bonds. The Bertz CT molecular complexity index is 1100. The second kappa shape index (κ2) is 6.77. The highest BCUT2D eigenvalue weighted by atomic mass is 16.3. The Labute approximate surface area is 164 Å². The van der Waals surface area contributed by atoms with Crippen molar-refractivity contribution in [1.82, 2.24) is 19.9 Å². The standard InChI is InChI=1S/C23H22N4O/c1-22(2,3)23(28,19-13-24-15-25-14-19)21-9-8-17(11-27-21)18-10-16-6-4-5-7-20(16)26-12-18/h4-15,28H,1-3H3. The van der Waals surface area contributed by atoms with E-state index in [4.69, 9.17) is 0 Å². The molecule has 0 saturated carbocycles. The molecular formula is C23H22N4O. The Hall–Kier alpha value is -3.18. The topological polar surface area (TPSA) is 71.8 Å². The van der Waals surface area contributed by atoms with Crippen molar-refractivity contribution in [3.63, 3.8) is 0 Å². The second-order valence-corrected chi connectivity index (χ2v) is 7.94. The van der Waals surface area contributed by atoms with Crippen LogP contribution in [0.4, 0.5) is 0 Å². The molecule has 0 fully saturated rings. The van der Waals surface area contributed by atoms with Gasteiger partial charge in [0.05, 0.1) is 11.2 Å². The smallest absolute Gasteiger partial charge is 0.139 e. The molecule has 0 spiro atoms. The molecule has 0 aliphatic heterocycles. The molecule has 3 aromatic heterocycles. The van der Waals surface area contributed by atoms with Crippen LogP contribution in [0.5, 0.6) is 0 Å². The number of para-hydroxylation sites is 1. The normalized spacial score (nSPS) is 14.0. The SMILES string of the molecule is CC(C)(C)C(O)(c1cncnc1)c1ccc(-c2cnc3ccccc3c2)cn1. The van der Waals surface area contributed by atoms with Gasteiger partial charge in [0.1, 0.15) is 11.9 Å². The van der Waals surface area contributed by atoms with Gasteiger partial charge in [-0.05, 0) is 18.2 Å². The third kappa shape index (κ3) is 3.04. The maximum Gasteiger partial charge on any atom is 0.139 e. The summed E-state index contributed by atoms with van der Waals surface area (Å²) in [5, 5.41) is 12.7. The molecule has 0 radical (unpaired) electrons. The first-order valence-electron chi connectivity index (χ1n) is 9.19. The molecule has 0 aliphatic carbocycles. The van der Waals surface area contributed by atoms with Crippen LogP contribution in [0.3, 0.4) is 0 Å². The van der Waals surface area contributed by atoms with Gasteiger partial charge in [-0.15, -0.1) is 0 Å². The van der Waals surface area contributed by atoms with E-state index >= 15 is 0 Å². The molecule has 4 aromatic rings. The lowest BCUT2D eigenvalue weighted by Crippen LogP contribution is -2.42. The van der Waals surface area contributed by atoms with Gasteiger partial charge >= 0.3 is 0 Å². The van der Waals surface area contributed by atoms with Gasteiger partial charge in [0.2, 0.25) is 0 Å². The van der Waals surface area contributed by atoms with Gasteiger partial charge in [0.15, 0.2) is 0 Å². The molecule has 0 saturated heterocycles. The third-order valence-electron chi connectivity index (χ3n) is 5.12. The number of aliphatic hydroxyl groups is 1. The summed E-state index contributed by atoms with van der Waals surface area (Å²) in [7, 11) is 0. The van der Waals surface area contributed by atoms with Crippen LogP contribution in [-0.4, -0.2) is 25.0 Å². The van der Waals surface area contributed by atoms with Crippen LogP contribution in [0.25, 0.3) is 22.0 Å². The number of benzene rings is 1. The van der Waals surface area contributed by atoms with E-state index in [1.807, 2.05) is 63.4 Å². The van der Waals surface area contributed by atoms with Crippen LogP contribution in [0, 0.1) is 5.41 Å². The average molecular weight is 370 g/mol. The molecular weight excluding hydrogens is 348 g/mol. The molecule has 1 unspecified atom stereocenters. The highest BCUT2D eigenvalue weighted by Gasteiger charge is 2.45. The first kappa shape index (κ1) is 18.2. The number of hydrogen-bond donors (Lipinski definition) is 1. The van der Waals surface area contributed by atoms with Crippen molar-refractivity contribution in [3.8, 4) is 11.1 Å². The van der Waals surface area contributed by atoms with Crippen molar-refractivity contribution >= 4 is 10.9 Å². The Kier molecular flexibility index (Phi) is 4.40. The number of nitrogens with zero attached hydrogens (tertiary/aromatic N) is 4. The van der Waals surface area contributed by atoms with Crippen molar-refractivity contribution in [2.75, 3.05) is 0 Å². The van der Waals surface area contributed by atoms with Gasteiger partial charge in [-0.2, -0.15) is 0 Å². The van der Waals surface area contributed by atoms with E-state index in [-0.39, 0.29) is 0 Å². The van der Waals surface area contributed by atoms with Crippen LogP contribution < -0.4 is 0 Å². The van der Waals surface area contributed by atoms with Gasteiger partial charge in [0, 0.05) is 52.3 Å². The summed E-state index contributed by atoms with van der Waals surface area (Å²) in [5.74, 6) is 0. The average Bonchev–Trinajstić information content (AvgIpc) is 2.73. The third-order valence-corrected chi connectivity index (χ3v) is 5.12. The summed E-state index contributed by atoms with van der Waals surface area (Å²) in [6, 6.07) is 13.9. The summed E-state index contributed by atoms with van der Waals surface area (Å²) < 4.78 is 0. The lowest BCUT2D eigenvalue weighted by Gasteiger charge is -2.39. The quantitative estimate of drug-likeness (QED) is 0.580. The zero-order valence-electron chi connectivity index (χ0n) is 16.2. The van der Waals surface area contributed by atoms with Gasteiger partial charge in [-0.1, -0.05) is 45.0 Å². The van der Waals surface area contributed by atoms with Crippen molar-refractivity contribution < 1.29 is 5.11 Å². The van der Waals surface area contributed by atoms with E-state index in [1.54, 1.807) is 18.6 Å². The van der Waals surface area contributed by atoms with E-state index < -0.39 is 11.0 Å². The summed E-state index contributed by atoms with van der Waals surface area (Å²) >= 11 is 0. The van der Waals surface area contributed by atoms with E-state index in [0.29, 0.717) is 11.3 Å². The predicted molar refractivity (Wildman–Crippen MR) is 109 cm³/mol. The Morgan fingerprint density at radius 1 is 0.786 bits per heavy atom. The van der Waals surface area contributed by atoms with Crippen molar-refractivity contribution in [3.05, 3.63) is 84.8 Å². The predicted octanol–water partition coefficient (Wildman–Crippen LogP) is 4.37. The minimum absolute atomic E-state index is 0.503. The minimum atomic E-state index is -1.31. The fraction of sp³-hybridized carbons (Fsp3) is 0.217. The fourth-order valence-corrected chi connectivity index (χ4v) is 3.46. The number of fused-ring (bicyclic) bond motifs is 1. The number of rotatable bonds is 3. The second-order valence-electron chi connectivity index (χ2n) is 7.94. The highest BCUT2D eigenvalue weighted by molar-refractivity contribution is 5.83. The van der Waals surface area contributed by atoms with Crippen molar-refractivity contribution in [1.29, 1.82) is 0 Å². The first-order valence-corrected chi connectivity index (χ1v) is 9.19. The molecule has 3 heterocycles. The molecule has 5 heteroatoms. The van der Waals surface area contributed by atoms with Crippen molar-refractivity contribution in [2.45, 2.75) is 26.4 Å². The number of aromatic nitrogens is 4. The van der Waals surface area contributed by atoms with Crippen LogP contribution >= 0.6 is 0 Å². The summed E-state index contributed by atoms with van der Waals surface area (Å²) in [4.78, 5) is 17.3. The summed E-state index contributed by atoms with van der Waals surface area (Å²) in [5.41, 5.74) is 2.26. The maximum absolute atomic E-state index is 11.6. The van der Waals surface area contributed by atoms with E-state index in [2.05, 4.69) is 26.0 Å². The zero-order valence-corrected chi connectivity index (χ0v) is 16.2. The van der Waals surface area contributed by atoms with E-state index in [9.17, 15) is 5.11 Å². The minimum Gasteiger partial charge on any atom is -0.378 e. The lowest BCUT2D eigenvalue weighted by atomic mass is 9.71. The monoisotopic (exact) mass is 370 g/mol. The van der Waals surface area contributed by atoms with Gasteiger partial charge in [-0.3, -0.25) is 9.97 Å².